The van der Waals surface area contributed by atoms with Crippen molar-refractivity contribution < 1.29 is 4.92 Å². The molecule has 7 nitrogen and oxygen atoms in total. The van der Waals surface area contributed by atoms with E-state index in [1.54, 1.807) is 6.92 Å². The van der Waals surface area contributed by atoms with Gasteiger partial charge in [-0.3, -0.25) is 10.1 Å². The first-order valence-corrected chi connectivity index (χ1v) is 4.30. The molecule has 3 N–H and O–H groups in total. The summed E-state index contributed by atoms with van der Waals surface area (Å²) in [5.74, 6) is 5.48. The van der Waals surface area contributed by atoms with Gasteiger partial charge in [0.1, 0.15) is 5.69 Å². The summed E-state index contributed by atoms with van der Waals surface area (Å²) in [5.41, 5.74) is 2.63. The van der Waals surface area contributed by atoms with E-state index >= 15 is 0 Å². The number of aromatic nitrogens is 2. The van der Waals surface area contributed by atoms with Crippen molar-refractivity contribution in [3.63, 3.8) is 0 Å². The molecule has 0 aliphatic rings. The third kappa shape index (κ3) is 1.67. The van der Waals surface area contributed by atoms with Crippen molar-refractivity contribution in [3.05, 3.63) is 15.8 Å². The summed E-state index contributed by atoms with van der Waals surface area (Å²) in [6, 6.07) is 0. The number of nitrogens with two attached hydrogens (primary N) is 1. The predicted molar refractivity (Wildman–Crippen MR) is 51.7 cm³/mol. The first kappa shape index (κ1) is 10.5. The maximum atomic E-state index is 10.7. The molecule has 78 valence electrons. The van der Waals surface area contributed by atoms with Gasteiger partial charge in [0, 0.05) is 6.54 Å². The second-order valence-corrected chi connectivity index (χ2v) is 2.91. The molecule has 0 amide bonds. The normalized spacial score (nSPS) is 10.2. The number of nitrogen functional groups attached to an aromatic ring is 1. The molecular weight excluding hydrogens is 186 g/mol. The smallest absolute Gasteiger partial charge is 0.303 e. The summed E-state index contributed by atoms with van der Waals surface area (Å²) in [5, 5.41) is 14.7. The van der Waals surface area contributed by atoms with Gasteiger partial charge in [-0.15, -0.1) is 0 Å². The third-order valence-corrected chi connectivity index (χ3v) is 1.85. The number of hydrogen-bond donors (Lipinski definition) is 2. The van der Waals surface area contributed by atoms with Gasteiger partial charge >= 0.3 is 5.69 Å². The highest BCUT2D eigenvalue weighted by molar-refractivity contribution is 5.58. The molecule has 0 fully saturated rings. The lowest BCUT2D eigenvalue weighted by Gasteiger charge is -2.02. The van der Waals surface area contributed by atoms with Crippen molar-refractivity contribution in [1.82, 2.24) is 9.78 Å². The van der Waals surface area contributed by atoms with Gasteiger partial charge in [-0.25, -0.2) is 10.5 Å². The average molecular weight is 199 g/mol. The lowest BCUT2D eigenvalue weighted by atomic mass is 10.4. The topological polar surface area (TPSA) is 99.0 Å². The molecular formula is C7H13N5O2. The number of nitro groups is 1. The van der Waals surface area contributed by atoms with Crippen molar-refractivity contribution in [1.29, 1.82) is 0 Å². The highest BCUT2D eigenvalue weighted by Crippen LogP contribution is 2.27. The molecule has 0 radical (unpaired) electrons. The Morgan fingerprint density at radius 2 is 2.36 bits per heavy atom. The van der Waals surface area contributed by atoms with E-state index in [1.165, 1.54) is 4.68 Å². The van der Waals surface area contributed by atoms with Crippen LogP contribution in [0.3, 0.4) is 0 Å². The van der Waals surface area contributed by atoms with Crippen LogP contribution in [-0.2, 0) is 6.54 Å². The Labute approximate surface area is 81.0 Å². The van der Waals surface area contributed by atoms with Gasteiger partial charge in [0.15, 0.2) is 0 Å². The molecule has 1 rings (SSSR count). The zero-order valence-electron chi connectivity index (χ0n) is 8.15. The molecule has 0 unspecified atom stereocenters. The standard InChI is InChI=1S/C7H13N5O2/c1-3-4-11-7(9-8)6(12(13)14)5(2)10-11/h9H,3-4,8H2,1-2H3. The van der Waals surface area contributed by atoms with Crippen LogP contribution in [0.5, 0.6) is 0 Å². The van der Waals surface area contributed by atoms with Crippen molar-refractivity contribution in [2.75, 3.05) is 5.43 Å². The van der Waals surface area contributed by atoms with E-state index in [4.69, 9.17) is 5.84 Å². The zero-order chi connectivity index (χ0) is 10.7. The van der Waals surface area contributed by atoms with E-state index in [9.17, 15) is 10.1 Å². The van der Waals surface area contributed by atoms with Crippen LogP contribution in [0.25, 0.3) is 0 Å². The first-order chi connectivity index (χ1) is 6.61. The quantitative estimate of drug-likeness (QED) is 0.424. The predicted octanol–water partition coefficient (Wildman–Crippen LogP) is 0.795. The Kier molecular flexibility index (Phi) is 3.03. The van der Waals surface area contributed by atoms with E-state index in [0.717, 1.165) is 6.42 Å². The highest BCUT2D eigenvalue weighted by atomic mass is 16.6. The molecule has 7 heteroatoms. The molecule has 0 saturated heterocycles. The Morgan fingerprint density at radius 3 is 2.79 bits per heavy atom. The number of hydrogen-bond acceptors (Lipinski definition) is 5. The summed E-state index contributed by atoms with van der Waals surface area (Å²) < 4.78 is 1.51. The molecule has 0 saturated carbocycles. The van der Waals surface area contributed by atoms with Crippen molar-refractivity contribution in [3.8, 4) is 0 Å². The molecule has 1 aromatic rings. The van der Waals surface area contributed by atoms with Crippen molar-refractivity contribution >= 4 is 11.5 Å². The Hall–Kier alpha value is -1.63. The molecule has 0 aliphatic carbocycles. The number of anilines is 1. The zero-order valence-corrected chi connectivity index (χ0v) is 8.15. The van der Waals surface area contributed by atoms with Crippen LogP contribution in [0.4, 0.5) is 11.5 Å². The Morgan fingerprint density at radius 1 is 1.71 bits per heavy atom. The first-order valence-electron chi connectivity index (χ1n) is 4.30. The van der Waals surface area contributed by atoms with Gasteiger partial charge in [0.05, 0.1) is 4.92 Å². The summed E-state index contributed by atoms with van der Waals surface area (Å²) in [7, 11) is 0. The minimum atomic E-state index is -0.482. The summed E-state index contributed by atoms with van der Waals surface area (Å²) >= 11 is 0. The second-order valence-electron chi connectivity index (χ2n) is 2.91. The van der Waals surface area contributed by atoms with Crippen LogP contribution in [0.15, 0.2) is 0 Å². The van der Waals surface area contributed by atoms with Gasteiger partial charge in [-0.05, 0) is 13.3 Å². The fraction of sp³-hybridized carbons (Fsp3) is 0.571. The van der Waals surface area contributed by atoms with Crippen LogP contribution in [-0.4, -0.2) is 14.7 Å². The van der Waals surface area contributed by atoms with E-state index in [0.29, 0.717) is 12.2 Å². The molecule has 14 heavy (non-hydrogen) atoms. The SMILES string of the molecule is CCCn1nc(C)c([N+](=O)[O-])c1NN. The van der Waals surface area contributed by atoms with E-state index in [2.05, 4.69) is 10.5 Å². The minimum Gasteiger partial charge on any atom is -0.303 e. The number of aryl methyl sites for hydroxylation is 2. The van der Waals surface area contributed by atoms with Crippen LogP contribution < -0.4 is 11.3 Å². The van der Waals surface area contributed by atoms with Crippen LogP contribution in [0, 0.1) is 17.0 Å². The van der Waals surface area contributed by atoms with Crippen molar-refractivity contribution in [2.45, 2.75) is 26.8 Å². The number of nitrogens with zero attached hydrogens (tertiary/aromatic N) is 3. The monoisotopic (exact) mass is 199 g/mol. The summed E-state index contributed by atoms with van der Waals surface area (Å²) in [6.07, 6.45) is 0.840. The number of hydrazine groups is 1. The maximum absolute atomic E-state index is 10.7. The number of rotatable bonds is 4. The minimum absolute atomic E-state index is 0.0547. The van der Waals surface area contributed by atoms with E-state index in [1.807, 2.05) is 6.92 Å². The van der Waals surface area contributed by atoms with Crippen LogP contribution in [0.1, 0.15) is 19.0 Å². The van der Waals surface area contributed by atoms with Crippen LogP contribution >= 0.6 is 0 Å². The lowest BCUT2D eigenvalue weighted by molar-refractivity contribution is -0.384. The Balaban J connectivity index is 3.21. The molecule has 0 aromatic carbocycles. The largest absolute Gasteiger partial charge is 0.335 e. The Bertz CT molecular complexity index is 346. The summed E-state index contributed by atoms with van der Waals surface area (Å²) in [6.45, 7) is 4.16. The summed E-state index contributed by atoms with van der Waals surface area (Å²) in [4.78, 5) is 10.2. The molecule has 1 heterocycles. The molecule has 0 spiro atoms. The lowest BCUT2D eigenvalue weighted by Crippen LogP contribution is -2.14. The van der Waals surface area contributed by atoms with Gasteiger partial charge in [-0.2, -0.15) is 5.10 Å². The van der Waals surface area contributed by atoms with Gasteiger partial charge in [0.25, 0.3) is 0 Å². The van der Waals surface area contributed by atoms with Crippen LogP contribution in [0.2, 0.25) is 0 Å². The highest BCUT2D eigenvalue weighted by Gasteiger charge is 2.23. The second kappa shape index (κ2) is 4.05. The van der Waals surface area contributed by atoms with Gasteiger partial charge < -0.3 is 5.43 Å². The van der Waals surface area contributed by atoms with Gasteiger partial charge in [0.2, 0.25) is 5.82 Å². The number of nitrogens with one attached hydrogen (secondary N) is 1. The fourth-order valence-electron chi connectivity index (χ4n) is 1.31. The maximum Gasteiger partial charge on any atom is 0.335 e. The third-order valence-electron chi connectivity index (χ3n) is 1.85. The van der Waals surface area contributed by atoms with E-state index < -0.39 is 4.92 Å². The average Bonchev–Trinajstić information content (AvgIpc) is 2.42. The molecule has 0 bridgehead atoms. The fourth-order valence-corrected chi connectivity index (χ4v) is 1.31. The van der Waals surface area contributed by atoms with Gasteiger partial charge in [-0.1, -0.05) is 6.92 Å². The molecule has 0 atom stereocenters. The molecule has 1 aromatic heterocycles. The molecule has 0 aliphatic heterocycles. The van der Waals surface area contributed by atoms with Crippen molar-refractivity contribution in [2.24, 2.45) is 5.84 Å². The van der Waals surface area contributed by atoms with E-state index in [-0.39, 0.29) is 11.5 Å².